The summed E-state index contributed by atoms with van der Waals surface area (Å²) < 4.78 is 13.1. The van der Waals surface area contributed by atoms with Gasteiger partial charge in [-0.2, -0.15) is 0 Å². The van der Waals surface area contributed by atoms with E-state index >= 15 is 0 Å². The number of aryl methyl sites for hydroxylation is 1. The van der Waals surface area contributed by atoms with Gasteiger partial charge in [-0.1, -0.05) is 48.9 Å². The number of likely N-dealkylation sites (tertiary alicyclic amines) is 1. The molecule has 1 fully saturated rings. The molecule has 4 heteroatoms. The zero-order valence-electron chi connectivity index (χ0n) is 19.2. The summed E-state index contributed by atoms with van der Waals surface area (Å²) in [7, 11) is 0. The second-order valence-corrected chi connectivity index (χ2v) is 8.85. The van der Waals surface area contributed by atoms with Crippen LogP contribution in [0.5, 0.6) is 0 Å². The predicted molar refractivity (Wildman–Crippen MR) is 133 cm³/mol. The first kappa shape index (κ1) is 22.5. The highest BCUT2D eigenvalue weighted by Gasteiger charge is 2.17. The molecule has 0 unspecified atom stereocenters. The molecule has 0 amide bonds. The molecule has 0 saturated carbocycles. The number of H-pyrrole nitrogens is 1. The van der Waals surface area contributed by atoms with Gasteiger partial charge in [0.15, 0.2) is 0 Å². The van der Waals surface area contributed by atoms with Crippen molar-refractivity contribution in [3.8, 4) is 11.1 Å². The number of benzene rings is 2. The lowest BCUT2D eigenvalue weighted by atomic mass is 9.89. The molecule has 0 aliphatic carbocycles. The molecule has 1 N–H and O–H groups in total. The summed E-state index contributed by atoms with van der Waals surface area (Å²) in [5, 5.41) is 1.07. The fraction of sp³-hybridized carbons (Fsp3) is 0.393. The van der Waals surface area contributed by atoms with E-state index in [0.29, 0.717) is 5.56 Å². The number of rotatable bonds is 7. The summed E-state index contributed by atoms with van der Waals surface area (Å²) in [6, 6.07) is 11.9. The number of nitrogens with zero attached hydrogens (tertiary/aromatic N) is 1. The highest BCUT2D eigenvalue weighted by Crippen LogP contribution is 2.36. The van der Waals surface area contributed by atoms with Crippen LogP contribution >= 0.6 is 0 Å². The maximum absolute atomic E-state index is 13.1. The Labute approximate surface area is 190 Å². The molecule has 2 heterocycles. The van der Waals surface area contributed by atoms with Crippen molar-refractivity contribution in [2.24, 2.45) is 0 Å². The molecule has 1 aromatic heterocycles. The lowest BCUT2D eigenvalue weighted by molar-refractivity contribution is 0.226. The van der Waals surface area contributed by atoms with Gasteiger partial charge in [0, 0.05) is 16.5 Å². The first-order chi connectivity index (χ1) is 15.6. The van der Waals surface area contributed by atoms with Gasteiger partial charge in [0.1, 0.15) is 6.67 Å². The molecule has 1 saturated heterocycles. The molecule has 3 aromatic rings. The molecular formula is C28H33FN2O. The second kappa shape index (κ2) is 10.3. The number of alkyl halides is 1. The lowest BCUT2D eigenvalue weighted by Crippen LogP contribution is -2.30. The number of fused-ring (bicyclic) bond motifs is 1. The maximum atomic E-state index is 13.1. The Bertz CT molecular complexity index is 1150. The SMILES string of the molecule is C/C=C\c1c(C)c(=O)[nH]c2ccc(CCCN3CCCCC3)c(-c3ccc(CF)cc3)c12. The van der Waals surface area contributed by atoms with Crippen LogP contribution in [0.1, 0.15) is 54.9 Å². The number of halogens is 1. The van der Waals surface area contributed by atoms with Crippen molar-refractivity contribution in [2.75, 3.05) is 19.6 Å². The van der Waals surface area contributed by atoms with Gasteiger partial charge in [0.05, 0.1) is 0 Å². The Balaban J connectivity index is 1.81. The largest absolute Gasteiger partial charge is 0.322 e. The molecule has 1 aliphatic heterocycles. The van der Waals surface area contributed by atoms with Crippen LogP contribution in [0.15, 0.2) is 47.3 Å². The number of allylic oxidation sites excluding steroid dienone is 1. The van der Waals surface area contributed by atoms with E-state index in [1.54, 1.807) is 0 Å². The third-order valence-corrected chi connectivity index (χ3v) is 6.65. The average molecular weight is 433 g/mol. The maximum Gasteiger partial charge on any atom is 0.251 e. The highest BCUT2D eigenvalue weighted by atomic mass is 19.1. The van der Waals surface area contributed by atoms with Crippen molar-refractivity contribution in [1.29, 1.82) is 0 Å². The summed E-state index contributed by atoms with van der Waals surface area (Å²) in [6.07, 6.45) is 10.1. The summed E-state index contributed by atoms with van der Waals surface area (Å²) in [5.41, 5.74) is 6.66. The summed E-state index contributed by atoms with van der Waals surface area (Å²) in [6.45, 7) is 6.93. The molecule has 0 bridgehead atoms. The predicted octanol–water partition coefficient (Wildman–Crippen LogP) is 6.42. The molecular weight excluding hydrogens is 399 g/mol. The average Bonchev–Trinajstić information content (AvgIpc) is 2.83. The molecule has 3 nitrogen and oxygen atoms in total. The summed E-state index contributed by atoms with van der Waals surface area (Å²) >= 11 is 0. The summed E-state index contributed by atoms with van der Waals surface area (Å²) in [5.74, 6) is 0. The molecule has 0 spiro atoms. The number of nitrogens with one attached hydrogen (secondary N) is 1. The Morgan fingerprint density at radius 2 is 1.81 bits per heavy atom. The molecule has 2 aromatic carbocycles. The van der Waals surface area contributed by atoms with Gasteiger partial charge in [-0.3, -0.25) is 4.79 Å². The van der Waals surface area contributed by atoms with Crippen molar-refractivity contribution >= 4 is 17.0 Å². The summed E-state index contributed by atoms with van der Waals surface area (Å²) in [4.78, 5) is 18.2. The van der Waals surface area contributed by atoms with Crippen LogP contribution in [0.2, 0.25) is 0 Å². The topological polar surface area (TPSA) is 36.1 Å². The number of piperidine rings is 1. The van der Waals surface area contributed by atoms with Crippen molar-refractivity contribution in [3.05, 3.63) is 75.1 Å². The van der Waals surface area contributed by atoms with Gasteiger partial charge in [-0.25, -0.2) is 4.39 Å². The van der Waals surface area contributed by atoms with E-state index in [4.69, 9.17) is 0 Å². The number of aromatic nitrogens is 1. The van der Waals surface area contributed by atoms with Gasteiger partial charge in [-0.05, 0) is 93.0 Å². The fourth-order valence-electron chi connectivity index (χ4n) is 4.91. The van der Waals surface area contributed by atoms with Gasteiger partial charge in [-0.15, -0.1) is 0 Å². The van der Waals surface area contributed by atoms with E-state index in [9.17, 15) is 9.18 Å². The Kier molecular flexibility index (Phi) is 7.21. The Hall–Kier alpha value is -2.72. The zero-order valence-corrected chi connectivity index (χ0v) is 19.2. The Morgan fingerprint density at radius 1 is 1.06 bits per heavy atom. The normalized spacial score (nSPS) is 15.1. The second-order valence-electron chi connectivity index (χ2n) is 8.85. The molecule has 168 valence electrons. The van der Waals surface area contributed by atoms with Crippen LogP contribution in [0, 0.1) is 6.92 Å². The van der Waals surface area contributed by atoms with Gasteiger partial charge in [0.25, 0.3) is 5.56 Å². The monoisotopic (exact) mass is 432 g/mol. The minimum absolute atomic E-state index is 0.0535. The smallest absolute Gasteiger partial charge is 0.251 e. The molecule has 0 radical (unpaired) electrons. The van der Waals surface area contributed by atoms with Crippen LogP contribution in [0.4, 0.5) is 4.39 Å². The van der Waals surface area contributed by atoms with Crippen molar-refractivity contribution in [2.45, 2.75) is 52.6 Å². The lowest BCUT2D eigenvalue weighted by Gasteiger charge is -2.26. The van der Waals surface area contributed by atoms with Crippen LogP contribution in [-0.2, 0) is 13.1 Å². The molecule has 1 aliphatic rings. The van der Waals surface area contributed by atoms with Crippen molar-refractivity contribution in [1.82, 2.24) is 9.88 Å². The van der Waals surface area contributed by atoms with E-state index < -0.39 is 6.67 Å². The molecule has 4 rings (SSSR count). The first-order valence-corrected chi connectivity index (χ1v) is 11.8. The number of aromatic amines is 1. The Morgan fingerprint density at radius 3 is 2.50 bits per heavy atom. The number of hydrogen-bond acceptors (Lipinski definition) is 2. The minimum atomic E-state index is -0.464. The van der Waals surface area contributed by atoms with Crippen LogP contribution in [0.3, 0.4) is 0 Å². The highest BCUT2D eigenvalue weighted by molar-refractivity contribution is 6.02. The van der Waals surface area contributed by atoms with E-state index in [-0.39, 0.29) is 5.56 Å². The third kappa shape index (κ3) is 4.71. The van der Waals surface area contributed by atoms with Crippen LogP contribution in [0.25, 0.3) is 28.1 Å². The van der Waals surface area contributed by atoms with Gasteiger partial charge < -0.3 is 9.88 Å². The van der Waals surface area contributed by atoms with Crippen molar-refractivity contribution in [3.63, 3.8) is 0 Å². The molecule has 32 heavy (non-hydrogen) atoms. The van der Waals surface area contributed by atoms with Crippen LogP contribution in [-0.4, -0.2) is 29.5 Å². The van der Waals surface area contributed by atoms with Gasteiger partial charge in [0.2, 0.25) is 0 Å². The minimum Gasteiger partial charge on any atom is -0.322 e. The van der Waals surface area contributed by atoms with E-state index in [1.807, 2.05) is 56.3 Å². The van der Waals surface area contributed by atoms with E-state index in [0.717, 1.165) is 52.5 Å². The quantitative estimate of drug-likeness (QED) is 0.467. The molecule has 0 atom stereocenters. The zero-order chi connectivity index (χ0) is 22.5. The number of pyridine rings is 1. The third-order valence-electron chi connectivity index (χ3n) is 6.65. The first-order valence-electron chi connectivity index (χ1n) is 11.8. The van der Waals surface area contributed by atoms with Gasteiger partial charge >= 0.3 is 0 Å². The van der Waals surface area contributed by atoms with Crippen molar-refractivity contribution < 1.29 is 4.39 Å². The fourth-order valence-corrected chi connectivity index (χ4v) is 4.91. The van der Waals surface area contributed by atoms with E-state index in [2.05, 4.69) is 16.0 Å². The van der Waals surface area contributed by atoms with Crippen LogP contribution < -0.4 is 5.56 Å². The number of hydrogen-bond donors (Lipinski definition) is 1. The standard InChI is InChI=1S/C28H33FN2O/c1-3-8-24-20(2)28(32)30-25-15-14-22(9-7-18-31-16-5-4-6-17-31)26(27(24)25)23-12-10-21(19-29)11-13-23/h3,8,10-15H,4-7,9,16-19H2,1-2H3,(H,30,32)/b8-3-. The van der Waals surface area contributed by atoms with E-state index in [1.165, 1.54) is 37.9 Å².